The summed E-state index contributed by atoms with van der Waals surface area (Å²) in [5.41, 5.74) is 0.402. The molecule has 1 saturated heterocycles. The van der Waals surface area contributed by atoms with E-state index in [0.717, 1.165) is 19.3 Å². The van der Waals surface area contributed by atoms with Crippen LogP contribution in [0.3, 0.4) is 0 Å². The monoisotopic (exact) mass is 342 g/mol. The minimum Gasteiger partial charge on any atom is -0.507 e. The Morgan fingerprint density at radius 1 is 1.12 bits per heavy atom. The summed E-state index contributed by atoms with van der Waals surface area (Å²) < 4.78 is 16.4. The SMILES string of the molecule is O=Cc1cc(OC(=O)c2ccc(OC3CCCCO3)cc2)ccc1O. The summed E-state index contributed by atoms with van der Waals surface area (Å²) in [6.07, 6.45) is 3.22. The Morgan fingerprint density at radius 3 is 2.56 bits per heavy atom. The number of carbonyl (C=O) groups is 2. The van der Waals surface area contributed by atoms with Crippen molar-refractivity contribution in [3.05, 3.63) is 53.6 Å². The van der Waals surface area contributed by atoms with Crippen LogP contribution in [0, 0.1) is 0 Å². The normalized spacial score (nSPS) is 16.9. The molecule has 0 saturated carbocycles. The van der Waals surface area contributed by atoms with Gasteiger partial charge in [-0.25, -0.2) is 4.79 Å². The summed E-state index contributed by atoms with van der Waals surface area (Å²) in [4.78, 5) is 23.0. The number of phenols is 1. The van der Waals surface area contributed by atoms with Crippen molar-refractivity contribution in [2.24, 2.45) is 0 Å². The van der Waals surface area contributed by atoms with Gasteiger partial charge in [0.25, 0.3) is 0 Å². The van der Waals surface area contributed by atoms with Crippen LogP contribution in [0.25, 0.3) is 0 Å². The summed E-state index contributed by atoms with van der Waals surface area (Å²) in [5.74, 6) is 0.0707. The van der Waals surface area contributed by atoms with Crippen LogP contribution >= 0.6 is 0 Å². The first kappa shape index (κ1) is 17.0. The lowest BCUT2D eigenvalue weighted by Gasteiger charge is -2.23. The van der Waals surface area contributed by atoms with Crippen LogP contribution in [0.2, 0.25) is 0 Å². The second kappa shape index (κ2) is 7.81. The molecular weight excluding hydrogens is 324 g/mol. The highest BCUT2D eigenvalue weighted by Crippen LogP contribution is 2.23. The van der Waals surface area contributed by atoms with Gasteiger partial charge >= 0.3 is 5.97 Å². The van der Waals surface area contributed by atoms with Crippen molar-refractivity contribution in [2.45, 2.75) is 25.6 Å². The number of aldehydes is 1. The number of hydrogen-bond donors (Lipinski definition) is 1. The van der Waals surface area contributed by atoms with Crippen molar-refractivity contribution in [1.82, 2.24) is 0 Å². The quantitative estimate of drug-likeness (QED) is 0.510. The molecule has 6 nitrogen and oxygen atoms in total. The number of ether oxygens (including phenoxy) is 3. The molecule has 0 spiro atoms. The summed E-state index contributed by atoms with van der Waals surface area (Å²) in [5, 5.41) is 9.46. The summed E-state index contributed by atoms with van der Waals surface area (Å²) in [6.45, 7) is 0.699. The van der Waals surface area contributed by atoms with E-state index in [1.165, 1.54) is 18.2 Å². The van der Waals surface area contributed by atoms with E-state index in [1.807, 2.05) is 0 Å². The molecule has 0 aliphatic carbocycles. The Hall–Kier alpha value is -2.86. The van der Waals surface area contributed by atoms with E-state index in [-0.39, 0.29) is 23.4 Å². The third-order valence-electron chi connectivity index (χ3n) is 3.83. The molecule has 0 aromatic heterocycles. The van der Waals surface area contributed by atoms with E-state index >= 15 is 0 Å². The predicted molar refractivity (Wildman–Crippen MR) is 89.1 cm³/mol. The molecule has 3 rings (SSSR count). The number of rotatable bonds is 5. The third kappa shape index (κ3) is 4.36. The lowest BCUT2D eigenvalue weighted by atomic mass is 10.2. The average Bonchev–Trinajstić information content (AvgIpc) is 2.64. The van der Waals surface area contributed by atoms with Gasteiger partial charge in [0.15, 0.2) is 12.6 Å². The van der Waals surface area contributed by atoms with Crippen molar-refractivity contribution in [3.63, 3.8) is 0 Å². The first-order valence-electron chi connectivity index (χ1n) is 8.04. The highest BCUT2D eigenvalue weighted by molar-refractivity contribution is 5.91. The van der Waals surface area contributed by atoms with Crippen LogP contribution < -0.4 is 9.47 Å². The maximum absolute atomic E-state index is 12.2. The molecule has 25 heavy (non-hydrogen) atoms. The van der Waals surface area contributed by atoms with Crippen LogP contribution in [0.5, 0.6) is 17.2 Å². The van der Waals surface area contributed by atoms with Crippen molar-refractivity contribution >= 4 is 12.3 Å². The number of benzene rings is 2. The molecular formula is C19H18O6. The highest BCUT2D eigenvalue weighted by Gasteiger charge is 2.16. The largest absolute Gasteiger partial charge is 0.507 e. The zero-order chi connectivity index (χ0) is 17.6. The van der Waals surface area contributed by atoms with Gasteiger partial charge in [-0.15, -0.1) is 0 Å². The summed E-state index contributed by atoms with van der Waals surface area (Å²) in [7, 11) is 0. The number of aromatic hydroxyl groups is 1. The van der Waals surface area contributed by atoms with Crippen molar-refractivity contribution in [1.29, 1.82) is 0 Å². The van der Waals surface area contributed by atoms with Gasteiger partial charge < -0.3 is 19.3 Å². The number of hydrogen-bond acceptors (Lipinski definition) is 6. The molecule has 0 bridgehead atoms. The summed E-state index contributed by atoms with van der Waals surface area (Å²) >= 11 is 0. The highest BCUT2D eigenvalue weighted by atomic mass is 16.7. The maximum atomic E-state index is 12.2. The Balaban J connectivity index is 1.63. The Kier molecular flexibility index (Phi) is 5.30. The fourth-order valence-corrected chi connectivity index (χ4v) is 2.48. The second-order valence-corrected chi connectivity index (χ2v) is 5.67. The van der Waals surface area contributed by atoms with Gasteiger partial charge in [-0.3, -0.25) is 4.79 Å². The smallest absolute Gasteiger partial charge is 0.343 e. The second-order valence-electron chi connectivity index (χ2n) is 5.67. The first-order chi connectivity index (χ1) is 12.2. The molecule has 130 valence electrons. The van der Waals surface area contributed by atoms with Crippen LogP contribution in [-0.4, -0.2) is 30.3 Å². The van der Waals surface area contributed by atoms with Crippen molar-refractivity contribution in [2.75, 3.05) is 6.61 Å². The van der Waals surface area contributed by atoms with Gasteiger partial charge in [0.1, 0.15) is 17.2 Å². The molecule has 1 unspecified atom stereocenters. The van der Waals surface area contributed by atoms with E-state index in [1.54, 1.807) is 24.3 Å². The van der Waals surface area contributed by atoms with E-state index in [9.17, 15) is 14.7 Å². The van der Waals surface area contributed by atoms with Crippen LogP contribution in [0.4, 0.5) is 0 Å². The number of phenolic OH excluding ortho intramolecular Hbond substituents is 1. The van der Waals surface area contributed by atoms with E-state index in [4.69, 9.17) is 14.2 Å². The van der Waals surface area contributed by atoms with Gasteiger partial charge in [0, 0.05) is 6.42 Å². The van der Waals surface area contributed by atoms with E-state index in [0.29, 0.717) is 24.2 Å². The Labute approximate surface area is 144 Å². The molecule has 1 fully saturated rings. The molecule has 1 aliphatic rings. The molecule has 1 atom stereocenters. The number of carbonyl (C=O) groups excluding carboxylic acids is 2. The van der Waals surface area contributed by atoms with Gasteiger partial charge in [0.2, 0.25) is 0 Å². The summed E-state index contributed by atoms with van der Waals surface area (Å²) in [6, 6.07) is 10.6. The van der Waals surface area contributed by atoms with Crippen molar-refractivity contribution < 1.29 is 28.9 Å². The zero-order valence-corrected chi connectivity index (χ0v) is 13.5. The van der Waals surface area contributed by atoms with Crippen LogP contribution in [0.1, 0.15) is 40.0 Å². The lowest BCUT2D eigenvalue weighted by molar-refractivity contribution is -0.105. The van der Waals surface area contributed by atoms with Gasteiger partial charge in [-0.1, -0.05) is 0 Å². The van der Waals surface area contributed by atoms with Gasteiger partial charge in [0.05, 0.1) is 17.7 Å². The maximum Gasteiger partial charge on any atom is 0.343 e. The predicted octanol–water partition coefficient (Wildman–Crippen LogP) is 3.33. The van der Waals surface area contributed by atoms with Gasteiger partial charge in [-0.05, 0) is 55.3 Å². The Bertz CT molecular complexity index is 747. The van der Waals surface area contributed by atoms with E-state index < -0.39 is 5.97 Å². The van der Waals surface area contributed by atoms with E-state index in [2.05, 4.69) is 0 Å². The average molecular weight is 342 g/mol. The third-order valence-corrected chi connectivity index (χ3v) is 3.83. The van der Waals surface area contributed by atoms with Crippen molar-refractivity contribution in [3.8, 4) is 17.2 Å². The standard InChI is InChI=1S/C19H18O6/c20-12-14-11-16(8-9-17(14)21)25-19(22)13-4-6-15(7-5-13)24-18-3-1-2-10-23-18/h4-9,11-12,18,21H,1-3,10H2. The van der Waals surface area contributed by atoms with Crippen LogP contribution in [0.15, 0.2) is 42.5 Å². The topological polar surface area (TPSA) is 82.1 Å². The number of esters is 1. The molecule has 0 radical (unpaired) electrons. The minimum atomic E-state index is -0.567. The lowest BCUT2D eigenvalue weighted by Crippen LogP contribution is -2.24. The molecule has 0 amide bonds. The minimum absolute atomic E-state index is 0.0570. The fourth-order valence-electron chi connectivity index (χ4n) is 2.48. The van der Waals surface area contributed by atoms with Gasteiger partial charge in [-0.2, -0.15) is 0 Å². The molecule has 1 N–H and O–H groups in total. The molecule has 2 aromatic carbocycles. The molecule has 1 aliphatic heterocycles. The molecule has 2 aromatic rings. The Morgan fingerprint density at radius 2 is 1.88 bits per heavy atom. The fraction of sp³-hybridized carbons (Fsp3) is 0.263. The first-order valence-corrected chi connectivity index (χ1v) is 8.04. The van der Waals surface area contributed by atoms with Crippen LogP contribution in [-0.2, 0) is 4.74 Å². The molecule has 1 heterocycles. The zero-order valence-electron chi connectivity index (χ0n) is 13.5. The molecule has 6 heteroatoms.